The normalized spacial score (nSPS) is 16.1. The highest BCUT2D eigenvalue weighted by Gasteiger charge is 2.21. The van der Waals surface area contributed by atoms with E-state index in [1.165, 1.54) is 11.5 Å². The van der Waals surface area contributed by atoms with Crippen molar-refractivity contribution in [2.75, 3.05) is 25.7 Å². The molecular weight excluding hydrogens is 260 g/mol. The van der Waals surface area contributed by atoms with Crippen LogP contribution in [0.3, 0.4) is 0 Å². The molecule has 0 amide bonds. The summed E-state index contributed by atoms with van der Waals surface area (Å²) in [6.45, 7) is 0. The van der Waals surface area contributed by atoms with Crippen LogP contribution < -0.4 is 9.47 Å². The Morgan fingerprint density at radius 1 is 1.26 bits per heavy atom. The molecule has 1 aromatic rings. The molecule has 0 spiro atoms. The first-order valence-electron chi connectivity index (χ1n) is 6.58. The average molecular weight is 280 g/mol. The maximum absolute atomic E-state index is 12.4. The Kier molecular flexibility index (Phi) is 5.14. The van der Waals surface area contributed by atoms with Gasteiger partial charge >= 0.3 is 0 Å². The molecule has 0 N–H and O–H groups in total. The molecule has 104 valence electrons. The number of hydrogen-bond acceptors (Lipinski definition) is 4. The molecule has 3 nitrogen and oxygen atoms in total. The lowest BCUT2D eigenvalue weighted by Gasteiger charge is -2.21. The summed E-state index contributed by atoms with van der Waals surface area (Å²) >= 11 is 1.98. The number of thioether (sulfide) groups is 1. The van der Waals surface area contributed by atoms with Gasteiger partial charge in [-0.1, -0.05) is 6.07 Å². The Bertz CT molecular complexity index is 439. The van der Waals surface area contributed by atoms with Gasteiger partial charge in [0.25, 0.3) is 0 Å². The Morgan fingerprint density at radius 3 is 2.63 bits per heavy atom. The molecule has 1 aliphatic heterocycles. The fraction of sp³-hybridized carbons (Fsp3) is 0.533. The van der Waals surface area contributed by atoms with Crippen molar-refractivity contribution in [2.24, 2.45) is 5.92 Å². The molecule has 0 atom stereocenters. The van der Waals surface area contributed by atoms with Gasteiger partial charge in [-0.05, 0) is 42.4 Å². The first-order valence-corrected chi connectivity index (χ1v) is 7.73. The first-order chi connectivity index (χ1) is 9.26. The van der Waals surface area contributed by atoms with Crippen LogP contribution in [0.15, 0.2) is 18.2 Å². The van der Waals surface area contributed by atoms with Crippen LogP contribution in [-0.2, 0) is 0 Å². The van der Waals surface area contributed by atoms with E-state index in [9.17, 15) is 4.79 Å². The molecule has 0 unspecified atom stereocenters. The summed E-state index contributed by atoms with van der Waals surface area (Å²) in [7, 11) is 3.16. The lowest BCUT2D eigenvalue weighted by molar-refractivity contribution is 0.0955. The molecule has 0 aliphatic carbocycles. The predicted octanol–water partition coefficient (Wildman–Crippen LogP) is 3.42. The van der Waals surface area contributed by atoms with E-state index >= 15 is 0 Å². The van der Waals surface area contributed by atoms with Gasteiger partial charge < -0.3 is 9.47 Å². The number of methoxy groups -OCH3 is 2. The van der Waals surface area contributed by atoms with Gasteiger partial charge in [-0.15, -0.1) is 0 Å². The van der Waals surface area contributed by atoms with Crippen molar-refractivity contribution in [1.29, 1.82) is 0 Å². The standard InChI is InChI=1S/C15H20O3S/c1-17-14-5-3-4-12(15(14)18-2)13(16)10-11-6-8-19-9-7-11/h3-5,11H,6-10H2,1-2H3. The number of carbonyl (C=O) groups excluding carboxylic acids is 1. The smallest absolute Gasteiger partial charge is 0.171 e. The maximum Gasteiger partial charge on any atom is 0.171 e. The largest absolute Gasteiger partial charge is 0.493 e. The third kappa shape index (κ3) is 3.44. The van der Waals surface area contributed by atoms with Gasteiger partial charge in [0, 0.05) is 6.42 Å². The summed E-state index contributed by atoms with van der Waals surface area (Å²) in [6.07, 6.45) is 2.90. The average Bonchev–Trinajstić information content (AvgIpc) is 2.47. The van der Waals surface area contributed by atoms with Crippen LogP contribution in [-0.4, -0.2) is 31.5 Å². The number of para-hydroxylation sites is 1. The van der Waals surface area contributed by atoms with Gasteiger partial charge in [-0.3, -0.25) is 4.79 Å². The second-order valence-corrected chi connectivity index (χ2v) is 5.95. The van der Waals surface area contributed by atoms with Crippen molar-refractivity contribution in [3.63, 3.8) is 0 Å². The minimum absolute atomic E-state index is 0.160. The fourth-order valence-electron chi connectivity index (χ4n) is 2.43. The van der Waals surface area contributed by atoms with Crippen LogP contribution in [0.2, 0.25) is 0 Å². The number of rotatable bonds is 5. The van der Waals surface area contributed by atoms with Gasteiger partial charge in [0.15, 0.2) is 17.3 Å². The summed E-state index contributed by atoms with van der Waals surface area (Å²) in [5.74, 6) is 4.20. The van der Waals surface area contributed by atoms with Crippen molar-refractivity contribution in [3.8, 4) is 11.5 Å². The highest BCUT2D eigenvalue weighted by molar-refractivity contribution is 7.99. The van der Waals surface area contributed by atoms with E-state index in [-0.39, 0.29) is 5.78 Å². The summed E-state index contributed by atoms with van der Waals surface area (Å²) in [5, 5.41) is 0. The molecule has 1 aliphatic rings. The third-order valence-corrected chi connectivity index (χ3v) is 4.57. The monoisotopic (exact) mass is 280 g/mol. The molecule has 1 aromatic carbocycles. The highest BCUT2D eigenvalue weighted by atomic mass is 32.2. The Morgan fingerprint density at radius 2 is 2.00 bits per heavy atom. The molecule has 2 rings (SSSR count). The van der Waals surface area contributed by atoms with Crippen LogP contribution in [0.1, 0.15) is 29.6 Å². The zero-order valence-corrected chi connectivity index (χ0v) is 12.3. The Balaban J connectivity index is 2.13. The maximum atomic E-state index is 12.4. The van der Waals surface area contributed by atoms with Gasteiger partial charge in [-0.25, -0.2) is 0 Å². The predicted molar refractivity (Wildman–Crippen MR) is 78.5 cm³/mol. The zero-order chi connectivity index (χ0) is 13.7. The Hall–Kier alpha value is -1.16. The Labute approximate surface area is 118 Å². The number of ketones is 1. The van der Waals surface area contributed by atoms with Crippen molar-refractivity contribution in [1.82, 2.24) is 0 Å². The quantitative estimate of drug-likeness (QED) is 0.774. The zero-order valence-electron chi connectivity index (χ0n) is 11.5. The van der Waals surface area contributed by atoms with E-state index in [0.717, 1.165) is 12.8 Å². The van der Waals surface area contributed by atoms with Gasteiger partial charge in [-0.2, -0.15) is 11.8 Å². The summed E-state index contributed by atoms with van der Waals surface area (Å²) in [6, 6.07) is 5.47. The molecule has 4 heteroatoms. The molecule has 1 fully saturated rings. The van der Waals surface area contributed by atoms with E-state index in [2.05, 4.69) is 0 Å². The molecule has 0 bridgehead atoms. The number of Topliss-reactive ketones (excluding diaryl/α,β-unsaturated/α-hetero) is 1. The lowest BCUT2D eigenvalue weighted by atomic mass is 9.93. The van der Waals surface area contributed by atoms with Crippen LogP contribution in [0.5, 0.6) is 11.5 Å². The van der Waals surface area contributed by atoms with E-state index in [1.807, 2.05) is 30.0 Å². The molecule has 1 heterocycles. The van der Waals surface area contributed by atoms with E-state index < -0.39 is 0 Å². The number of hydrogen-bond donors (Lipinski definition) is 0. The van der Waals surface area contributed by atoms with Crippen molar-refractivity contribution < 1.29 is 14.3 Å². The minimum atomic E-state index is 0.160. The lowest BCUT2D eigenvalue weighted by Crippen LogP contribution is -2.15. The summed E-state index contributed by atoms with van der Waals surface area (Å²) in [5.41, 5.74) is 0.639. The number of benzene rings is 1. The molecule has 0 radical (unpaired) electrons. The van der Waals surface area contributed by atoms with E-state index in [1.54, 1.807) is 14.2 Å². The van der Waals surface area contributed by atoms with Crippen LogP contribution in [0.4, 0.5) is 0 Å². The minimum Gasteiger partial charge on any atom is -0.493 e. The van der Waals surface area contributed by atoms with Crippen molar-refractivity contribution >= 4 is 17.5 Å². The van der Waals surface area contributed by atoms with Crippen molar-refractivity contribution in [3.05, 3.63) is 23.8 Å². The molecule has 19 heavy (non-hydrogen) atoms. The molecule has 0 aromatic heterocycles. The highest BCUT2D eigenvalue weighted by Crippen LogP contribution is 2.33. The van der Waals surface area contributed by atoms with Crippen LogP contribution in [0, 0.1) is 5.92 Å². The first kappa shape index (κ1) is 14.3. The van der Waals surface area contributed by atoms with Gasteiger partial charge in [0.05, 0.1) is 19.8 Å². The van der Waals surface area contributed by atoms with E-state index in [4.69, 9.17) is 9.47 Å². The fourth-order valence-corrected chi connectivity index (χ4v) is 3.63. The second kappa shape index (κ2) is 6.85. The third-order valence-electron chi connectivity index (χ3n) is 3.52. The summed E-state index contributed by atoms with van der Waals surface area (Å²) < 4.78 is 10.6. The SMILES string of the molecule is COc1cccc(C(=O)CC2CCSCC2)c1OC. The molecule has 1 saturated heterocycles. The van der Waals surface area contributed by atoms with Crippen LogP contribution in [0.25, 0.3) is 0 Å². The molecular formula is C15H20O3S. The second-order valence-electron chi connectivity index (χ2n) is 4.72. The van der Waals surface area contributed by atoms with Gasteiger partial charge in [0.1, 0.15) is 0 Å². The van der Waals surface area contributed by atoms with Gasteiger partial charge in [0.2, 0.25) is 0 Å². The van der Waals surface area contributed by atoms with Crippen molar-refractivity contribution in [2.45, 2.75) is 19.3 Å². The topological polar surface area (TPSA) is 35.5 Å². The summed E-state index contributed by atoms with van der Waals surface area (Å²) in [4.78, 5) is 12.4. The number of carbonyl (C=O) groups is 1. The number of ether oxygens (including phenoxy) is 2. The van der Waals surface area contributed by atoms with E-state index in [0.29, 0.717) is 29.4 Å². The van der Waals surface area contributed by atoms with Crippen LogP contribution >= 0.6 is 11.8 Å². The molecule has 0 saturated carbocycles.